The van der Waals surface area contributed by atoms with E-state index in [1.807, 2.05) is 0 Å². The van der Waals surface area contributed by atoms with Crippen molar-refractivity contribution in [3.8, 4) is 0 Å². The van der Waals surface area contributed by atoms with Gasteiger partial charge in [0, 0.05) is 14.2 Å². The van der Waals surface area contributed by atoms with Gasteiger partial charge in [-0.3, -0.25) is 0 Å². The number of hydrogen-bond acceptors (Lipinski definition) is 8. The summed E-state index contributed by atoms with van der Waals surface area (Å²) in [6, 6.07) is 0. The Kier molecular flexibility index (Phi) is 10.4. The first kappa shape index (κ1) is 26.0. The lowest BCUT2D eigenvalue weighted by Gasteiger charge is -2.50. The predicted octanol–water partition coefficient (Wildman–Crippen LogP) is 3.07. The minimum absolute atomic E-state index is 0.123. The summed E-state index contributed by atoms with van der Waals surface area (Å²) >= 11 is 0. The summed E-state index contributed by atoms with van der Waals surface area (Å²) in [5, 5.41) is 0. The Bertz CT molecular complexity index is 631. The van der Waals surface area contributed by atoms with Crippen molar-refractivity contribution in [1.82, 2.24) is 0 Å². The Morgan fingerprint density at radius 2 is 1.40 bits per heavy atom. The number of rotatable bonds is 13. The molecule has 0 aromatic rings. The lowest BCUT2D eigenvalue weighted by molar-refractivity contribution is -0.439. The van der Waals surface area contributed by atoms with Crippen LogP contribution in [0.2, 0.25) is 0 Å². The quantitative estimate of drug-likeness (QED) is 0.192. The van der Waals surface area contributed by atoms with Crippen molar-refractivity contribution in [3.05, 3.63) is 37.5 Å². The van der Waals surface area contributed by atoms with Crippen LogP contribution in [-0.4, -0.2) is 63.2 Å². The molecule has 8 heteroatoms. The molecule has 0 bridgehead atoms. The predicted molar refractivity (Wildman–Crippen MR) is 110 cm³/mol. The molecule has 0 saturated carbocycles. The SMILES string of the molecule is C=CCCCOC(=O)C1OC(C)(OC)C(C)(OC)OC1C(=O)OCCCC(=C)C=C. The Labute approximate surface area is 178 Å². The third-order valence-corrected chi connectivity index (χ3v) is 5.02. The highest BCUT2D eigenvalue weighted by molar-refractivity contribution is 5.86. The van der Waals surface area contributed by atoms with Crippen LogP contribution in [0.25, 0.3) is 0 Å². The molecule has 1 saturated heterocycles. The van der Waals surface area contributed by atoms with E-state index in [1.165, 1.54) is 14.2 Å². The Morgan fingerprint density at radius 3 is 1.80 bits per heavy atom. The molecule has 1 aliphatic heterocycles. The molecule has 170 valence electrons. The zero-order valence-electron chi connectivity index (χ0n) is 18.4. The Balaban J connectivity index is 2.93. The van der Waals surface area contributed by atoms with Crippen molar-refractivity contribution in [2.75, 3.05) is 27.4 Å². The molecule has 0 aromatic heterocycles. The largest absolute Gasteiger partial charge is 0.464 e. The molecule has 0 radical (unpaired) electrons. The van der Waals surface area contributed by atoms with Gasteiger partial charge < -0.3 is 28.4 Å². The summed E-state index contributed by atoms with van der Waals surface area (Å²) in [5.74, 6) is -4.44. The number of allylic oxidation sites excluding steroid dienone is 3. The summed E-state index contributed by atoms with van der Waals surface area (Å²) in [7, 11) is 2.77. The van der Waals surface area contributed by atoms with Crippen LogP contribution in [0, 0.1) is 0 Å². The van der Waals surface area contributed by atoms with Gasteiger partial charge in [0.15, 0.2) is 12.2 Å². The molecule has 30 heavy (non-hydrogen) atoms. The molecule has 1 aliphatic rings. The smallest absolute Gasteiger partial charge is 0.338 e. The first-order valence-electron chi connectivity index (χ1n) is 9.88. The minimum atomic E-state index is -1.47. The topological polar surface area (TPSA) is 89.5 Å². The van der Waals surface area contributed by atoms with Gasteiger partial charge in [0.25, 0.3) is 0 Å². The maximum Gasteiger partial charge on any atom is 0.338 e. The fraction of sp³-hybridized carbons (Fsp3) is 0.636. The van der Waals surface area contributed by atoms with E-state index in [4.69, 9.17) is 28.4 Å². The van der Waals surface area contributed by atoms with Gasteiger partial charge in [0.2, 0.25) is 11.6 Å². The van der Waals surface area contributed by atoms with Crippen LogP contribution >= 0.6 is 0 Å². The minimum Gasteiger partial charge on any atom is -0.464 e. The maximum atomic E-state index is 12.7. The second-order valence-electron chi connectivity index (χ2n) is 7.11. The van der Waals surface area contributed by atoms with Gasteiger partial charge in [-0.25, -0.2) is 9.59 Å². The molecule has 0 amide bonds. The fourth-order valence-corrected chi connectivity index (χ4v) is 2.77. The summed E-state index contributed by atoms with van der Waals surface area (Å²) in [6.07, 6.45) is 3.08. The molecule has 4 unspecified atom stereocenters. The van der Waals surface area contributed by atoms with Crippen LogP contribution in [0.1, 0.15) is 39.5 Å². The molecule has 1 fully saturated rings. The number of hydrogen-bond donors (Lipinski definition) is 0. The zero-order chi connectivity index (χ0) is 22.8. The van der Waals surface area contributed by atoms with E-state index in [1.54, 1.807) is 26.0 Å². The van der Waals surface area contributed by atoms with E-state index < -0.39 is 35.7 Å². The van der Waals surface area contributed by atoms with Crippen LogP contribution in [0.3, 0.4) is 0 Å². The molecule has 0 spiro atoms. The average molecular weight is 427 g/mol. The molecule has 1 heterocycles. The van der Waals surface area contributed by atoms with Crippen LogP contribution in [0.4, 0.5) is 0 Å². The van der Waals surface area contributed by atoms with Crippen molar-refractivity contribution in [2.24, 2.45) is 0 Å². The number of ether oxygens (including phenoxy) is 6. The third kappa shape index (κ3) is 6.50. The van der Waals surface area contributed by atoms with Crippen molar-refractivity contribution in [2.45, 2.75) is 63.3 Å². The number of esters is 2. The van der Waals surface area contributed by atoms with Crippen LogP contribution < -0.4 is 0 Å². The Hall–Kier alpha value is -2.00. The second kappa shape index (κ2) is 12.0. The lowest BCUT2D eigenvalue weighted by Crippen LogP contribution is -2.68. The number of carbonyl (C=O) groups is 2. The standard InChI is InChI=1S/C22H34O8/c1-8-10-11-14-27-19(23)17-18(20(24)28-15-12-13-16(3)9-2)30-22(5,26-7)21(4,25-6)29-17/h8-9,17-18H,1-3,10-15H2,4-7H3. The highest BCUT2D eigenvalue weighted by Crippen LogP contribution is 2.39. The monoisotopic (exact) mass is 426 g/mol. The van der Waals surface area contributed by atoms with Gasteiger partial charge in [0.1, 0.15) is 0 Å². The molecule has 0 N–H and O–H groups in total. The van der Waals surface area contributed by atoms with Crippen molar-refractivity contribution < 1.29 is 38.0 Å². The van der Waals surface area contributed by atoms with Gasteiger partial charge >= 0.3 is 11.9 Å². The molecular formula is C22H34O8. The molecule has 8 nitrogen and oxygen atoms in total. The summed E-state index contributed by atoms with van der Waals surface area (Å²) in [4.78, 5) is 25.4. The fourth-order valence-electron chi connectivity index (χ4n) is 2.77. The molecule has 0 aromatic carbocycles. The van der Waals surface area contributed by atoms with Gasteiger partial charge in [0.05, 0.1) is 13.2 Å². The number of methoxy groups -OCH3 is 2. The summed E-state index contributed by atoms with van der Waals surface area (Å²) in [5.41, 5.74) is 0.840. The summed E-state index contributed by atoms with van der Waals surface area (Å²) < 4.78 is 33.1. The number of carbonyl (C=O) groups excluding carboxylic acids is 2. The lowest BCUT2D eigenvalue weighted by atomic mass is 10.0. The molecule has 1 rings (SSSR count). The van der Waals surface area contributed by atoms with Crippen molar-refractivity contribution in [3.63, 3.8) is 0 Å². The van der Waals surface area contributed by atoms with Gasteiger partial charge in [-0.15, -0.1) is 6.58 Å². The van der Waals surface area contributed by atoms with E-state index in [2.05, 4.69) is 19.7 Å². The van der Waals surface area contributed by atoms with E-state index in [0.29, 0.717) is 25.7 Å². The molecule has 0 aliphatic carbocycles. The van der Waals surface area contributed by atoms with E-state index >= 15 is 0 Å². The highest BCUT2D eigenvalue weighted by atomic mass is 16.8. The van der Waals surface area contributed by atoms with Gasteiger partial charge in [-0.05, 0) is 39.5 Å². The third-order valence-electron chi connectivity index (χ3n) is 5.02. The van der Waals surface area contributed by atoms with Gasteiger partial charge in [-0.1, -0.05) is 30.9 Å². The van der Waals surface area contributed by atoms with Crippen LogP contribution in [0.15, 0.2) is 37.5 Å². The average Bonchev–Trinajstić information content (AvgIpc) is 2.75. The molecule has 4 atom stereocenters. The zero-order valence-corrected chi connectivity index (χ0v) is 18.4. The number of unbranched alkanes of at least 4 members (excludes halogenated alkanes) is 1. The highest BCUT2D eigenvalue weighted by Gasteiger charge is 2.60. The van der Waals surface area contributed by atoms with E-state index in [-0.39, 0.29) is 13.2 Å². The summed E-state index contributed by atoms with van der Waals surface area (Å²) in [6.45, 7) is 14.4. The van der Waals surface area contributed by atoms with Crippen LogP contribution in [-0.2, 0) is 38.0 Å². The van der Waals surface area contributed by atoms with Gasteiger partial charge in [-0.2, -0.15) is 0 Å². The van der Waals surface area contributed by atoms with Crippen molar-refractivity contribution >= 4 is 11.9 Å². The first-order valence-corrected chi connectivity index (χ1v) is 9.88. The van der Waals surface area contributed by atoms with E-state index in [9.17, 15) is 9.59 Å². The second-order valence-corrected chi connectivity index (χ2v) is 7.11. The Morgan fingerprint density at radius 1 is 0.933 bits per heavy atom. The van der Waals surface area contributed by atoms with Crippen molar-refractivity contribution in [1.29, 1.82) is 0 Å². The maximum absolute atomic E-state index is 12.7. The molecular weight excluding hydrogens is 392 g/mol. The first-order chi connectivity index (χ1) is 14.2. The van der Waals surface area contributed by atoms with Crippen LogP contribution in [0.5, 0.6) is 0 Å². The normalized spacial score (nSPS) is 28.4. The van der Waals surface area contributed by atoms with E-state index in [0.717, 1.165) is 5.57 Å².